The number of hydrogen-bond donors (Lipinski definition) is 1. The van der Waals surface area contributed by atoms with Gasteiger partial charge < -0.3 is 10.1 Å². The topological polar surface area (TPSA) is 51.2 Å². The maximum atomic E-state index is 12.6. The van der Waals surface area contributed by atoms with Crippen LogP contribution in [-0.4, -0.2) is 36.1 Å². The van der Waals surface area contributed by atoms with Gasteiger partial charge >= 0.3 is 0 Å². The standard InChI is InChI=1S/C20H24N2O2S/c1-13-21-12-17(25-13)10-20(23)15-4-2-3-14(9-15)18-11-19(18)22-16-5-7-24-8-6-16/h2-4,9,12,16,18-19,22H,5-8,10-11H2,1H3. The zero-order valence-corrected chi connectivity index (χ0v) is 15.3. The minimum absolute atomic E-state index is 0.181. The molecule has 0 bridgehead atoms. The first-order chi connectivity index (χ1) is 12.2. The average molecular weight is 356 g/mol. The predicted molar refractivity (Wildman–Crippen MR) is 99.5 cm³/mol. The fraction of sp³-hybridized carbons (Fsp3) is 0.500. The Balaban J connectivity index is 1.37. The van der Waals surface area contributed by atoms with Crippen molar-refractivity contribution in [2.75, 3.05) is 13.2 Å². The Morgan fingerprint density at radius 2 is 2.20 bits per heavy atom. The van der Waals surface area contributed by atoms with E-state index in [1.807, 2.05) is 25.3 Å². The molecular formula is C20H24N2O2S. The molecule has 1 N–H and O–H groups in total. The van der Waals surface area contributed by atoms with E-state index in [9.17, 15) is 4.79 Å². The number of rotatable bonds is 6. The first kappa shape index (κ1) is 16.9. The molecule has 1 saturated heterocycles. The Morgan fingerprint density at radius 1 is 1.36 bits per heavy atom. The number of Topliss-reactive ketones (excluding diaryl/α,β-unsaturated/α-hetero) is 1. The zero-order valence-electron chi connectivity index (χ0n) is 14.5. The Bertz CT molecular complexity index is 752. The van der Waals surface area contributed by atoms with Crippen LogP contribution in [0.2, 0.25) is 0 Å². The molecule has 2 unspecified atom stereocenters. The molecule has 5 heteroatoms. The molecule has 2 aliphatic rings. The van der Waals surface area contributed by atoms with Crippen LogP contribution in [0.15, 0.2) is 30.5 Å². The summed E-state index contributed by atoms with van der Waals surface area (Å²) in [5.74, 6) is 0.723. The van der Waals surface area contributed by atoms with E-state index in [0.29, 0.717) is 24.4 Å². The minimum atomic E-state index is 0.181. The molecule has 1 aliphatic heterocycles. The molecule has 1 aromatic heterocycles. The lowest BCUT2D eigenvalue weighted by atomic mass is 10.0. The van der Waals surface area contributed by atoms with Crippen molar-refractivity contribution in [2.24, 2.45) is 0 Å². The van der Waals surface area contributed by atoms with Crippen molar-refractivity contribution in [3.8, 4) is 0 Å². The van der Waals surface area contributed by atoms with Gasteiger partial charge in [0, 0.05) is 54.3 Å². The molecule has 0 radical (unpaired) electrons. The van der Waals surface area contributed by atoms with Crippen LogP contribution in [0.5, 0.6) is 0 Å². The predicted octanol–water partition coefficient (Wildman–Crippen LogP) is 3.50. The van der Waals surface area contributed by atoms with E-state index in [4.69, 9.17) is 4.74 Å². The number of nitrogens with zero attached hydrogens (tertiary/aromatic N) is 1. The third-order valence-corrected chi connectivity index (χ3v) is 6.01. The lowest BCUT2D eigenvalue weighted by molar-refractivity contribution is 0.0774. The number of ketones is 1. The summed E-state index contributed by atoms with van der Waals surface area (Å²) in [4.78, 5) is 17.8. The van der Waals surface area contributed by atoms with Gasteiger partial charge in [0.15, 0.2) is 5.78 Å². The lowest BCUT2D eigenvalue weighted by Crippen LogP contribution is -2.36. The van der Waals surface area contributed by atoms with Crippen LogP contribution in [-0.2, 0) is 11.2 Å². The van der Waals surface area contributed by atoms with Gasteiger partial charge in [-0.3, -0.25) is 4.79 Å². The molecule has 1 saturated carbocycles. The van der Waals surface area contributed by atoms with E-state index in [-0.39, 0.29) is 5.78 Å². The SMILES string of the molecule is Cc1ncc(CC(=O)c2cccc(C3CC3NC3CCOCC3)c2)s1. The van der Waals surface area contributed by atoms with E-state index in [1.165, 1.54) is 12.0 Å². The normalized spacial score (nSPS) is 23.6. The molecule has 1 aliphatic carbocycles. The van der Waals surface area contributed by atoms with Crippen LogP contribution in [0.25, 0.3) is 0 Å². The number of carbonyl (C=O) groups excluding carboxylic acids is 1. The van der Waals surface area contributed by atoms with Gasteiger partial charge in [-0.1, -0.05) is 18.2 Å². The summed E-state index contributed by atoms with van der Waals surface area (Å²) in [5, 5.41) is 4.77. The second kappa shape index (κ2) is 7.36. The van der Waals surface area contributed by atoms with E-state index in [0.717, 1.165) is 41.5 Å². The number of benzene rings is 1. The first-order valence-electron chi connectivity index (χ1n) is 9.07. The van der Waals surface area contributed by atoms with Gasteiger partial charge in [-0.15, -0.1) is 11.3 Å². The fourth-order valence-corrected chi connectivity index (χ4v) is 4.40. The molecule has 2 atom stereocenters. The molecule has 0 amide bonds. The van der Waals surface area contributed by atoms with Gasteiger partial charge in [-0.2, -0.15) is 0 Å². The summed E-state index contributed by atoms with van der Waals surface area (Å²) >= 11 is 1.60. The highest BCUT2D eigenvalue weighted by atomic mass is 32.1. The van der Waals surface area contributed by atoms with Gasteiger partial charge in [-0.25, -0.2) is 4.98 Å². The second-order valence-corrected chi connectivity index (χ2v) is 8.39. The third-order valence-electron chi connectivity index (χ3n) is 5.10. The van der Waals surface area contributed by atoms with Gasteiger partial charge in [0.2, 0.25) is 0 Å². The highest BCUT2D eigenvalue weighted by molar-refractivity contribution is 7.11. The Morgan fingerprint density at radius 3 is 2.96 bits per heavy atom. The van der Waals surface area contributed by atoms with Crippen molar-refractivity contribution in [3.63, 3.8) is 0 Å². The molecule has 25 heavy (non-hydrogen) atoms. The van der Waals surface area contributed by atoms with Crippen molar-refractivity contribution in [2.45, 2.75) is 50.6 Å². The molecule has 2 fully saturated rings. The maximum Gasteiger partial charge on any atom is 0.168 e. The summed E-state index contributed by atoms with van der Waals surface area (Å²) < 4.78 is 5.42. The number of hydrogen-bond acceptors (Lipinski definition) is 5. The summed E-state index contributed by atoms with van der Waals surface area (Å²) in [6.07, 6.45) is 5.65. The molecule has 4 nitrogen and oxygen atoms in total. The number of nitrogens with one attached hydrogen (secondary N) is 1. The third kappa shape index (κ3) is 4.17. The van der Waals surface area contributed by atoms with Gasteiger partial charge in [-0.05, 0) is 37.8 Å². The fourth-order valence-electron chi connectivity index (χ4n) is 3.60. The van der Waals surface area contributed by atoms with Crippen LogP contribution in [0, 0.1) is 6.92 Å². The maximum absolute atomic E-state index is 12.6. The van der Waals surface area contributed by atoms with Crippen LogP contribution in [0.1, 0.15) is 51.0 Å². The van der Waals surface area contributed by atoms with Crippen LogP contribution in [0.3, 0.4) is 0 Å². The largest absolute Gasteiger partial charge is 0.381 e. The molecule has 0 spiro atoms. The Labute approximate surface area is 152 Å². The molecule has 2 heterocycles. The summed E-state index contributed by atoms with van der Waals surface area (Å²) in [5.41, 5.74) is 2.11. The Hall–Kier alpha value is -1.56. The van der Waals surface area contributed by atoms with Crippen molar-refractivity contribution >= 4 is 17.1 Å². The smallest absolute Gasteiger partial charge is 0.168 e. The Kier molecular flexibility index (Phi) is 4.97. The number of aromatic nitrogens is 1. The minimum Gasteiger partial charge on any atom is -0.381 e. The lowest BCUT2D eigenvalue weighted by Gasteiger charge is -2.23. The van der Waals surface area contributed by atoms with Crippen LogP contribution >= 0.6 is 11.3 Å². The van der Waals surface area contributed by atoms with Crippen molar-refractivity contribution in [1.82, 2.24) is 10.3 Å². The first-order valence-corrected chi connectivity index (χ1v) is 9.89. The molecule has 4 rings (SSSR count). The van der Waals surface area contributed by atoms with Gasteiger partial charge in [0.05, 0.1) is 5.01 Å². The average Bonchev–Trinajstić information content (AvgIpc) is 3.28. The van der Waals surface area contributed by atoms with Crippen LogP contribution in [0.4, 0.5) is 0 Å². The number of carbonyl (C=O) groups is 1. The monoisotopic (exact) mass is 356 g/mol. The summed E-state index contributed by atoms with van der Waals surface area (Å²) in [7, 11) is 0. The molecule has 132 valence electrons. The molecule has 1 aromatic carbocycles. The van der Waals surface area contributed by atoms with E-state index in [1.54, 1.807) is 11.3 Å². The summed E-state index contributed by atoms with van der Waals surface area (Å²) in [6.45, 7) is 3.71. The van der Waals surface area contributed by atoms with Crippen molar-refractivity contribution < 1.29 is 9.53 Å². The van der Waals surface area contributed by atoms with Crippen molar-refractivity contribution in [3.05, 3.63) is 51.5 Å². The number of thiazole rings is 1. The zero-order chi connectivity index (χ0) is 17.2. The quantitative estimate of drug-likeness (QED) is 0.805. The van der Waals surface area contributed by atoms with E-state index < -0.39 is 0 Å². The number of aryl methyl sites for hydroxylation is 1. The van der Waals surface area contributed by atoms with Gasteiger partial charge in [0.25, 0.3) is 0 Å². The highest BCUT2D eigenvalue weighted by Crippen LogP contribution is 2.41. The van der Waals surface area contributed by atoms with E-state index in [2.05, 4.69) is 22.4 Å². The molecule has 2 aromatic rings. The number of ether oxygens (including phenoxy) is 1. The van der Waals surface area contributed by atoms with Crippen LogP contribution < -0.4 is 5.32 Å². The van der Waals surface area contributed by atoms with E-state index >= 15 is 0 Å². The second-order valence-electron chi connectivity index (χ2n) is 7.07. The van der Waals surface area contributed by atoms with Gasteiger partial charge in [0.1, 0.15) is 0 Å². The highest BCUT2D eigenvalue weighted by Gasteiger charge is 2.39. The molecular weight excluding hydrogens is 332 g/mol. The summed E-state index contributed by atoms with van der Waals surface area (Å²) in [6, 6.07) is 9.34. The van der Waals surface area contributed by atoms with Crippen molar-refractivity contribution in [1.29, 1.82) is 0 Å².